The van der Waals surface area contributed by atoms with E-state index < -0.39 is 0 Å². The van der Waals surface area contributed by atoms with E-state index in [0.717, 1.165) is 0 Å². The van der Waals surface area contributed by atoms with Gasteiger partial charge < -0.3 is 0 Å². The van der Waals surface area contributed by atoms with Crippen LogP contribution in [0.4, 0.5) is 0 Å². The molecule has 3 heterocycles. The molecule has 0 N–H and O–H groups in total. The van der Waals surface area contributed by atoms with Crippen molar-refractivity contribution in [3.05, 3.63) is 158 Å². The molecule has 0 saturated carbocycles. The Morgan fingerprint density at radius 3 is 1.67 bits per heavy atom. The summed E-state index contributed by atoms with van der Waals surface area (Å²) >= 11 is 5.75. The molecule has 0 radical (unpaired) electrons. The second kappa shape index (κ2) is 10.6. The molecule has 49 heavy (non-hydrogen) atoms. The lowest BCUT2D eigenvalue weighted by Crippen LogP contribution is -1.82. The Hall–Kier alpha value is -5.32. The molecule has 0 aliphatic carbocycles. The van der Waals surface area contributed by atoms with Crippen LogP contribution in [0.2, 0.25) is 0 Å². The maximum atomic E-state index is 2.41. The molecule has 0 fully saturated rings. The first-order valence-corrected chi connectivity index (χ1v) is 19.0. The van der Waals surface area contributed by atoms with Gasteiger partial charge in [-0.2, -0.15) is 0 Å². The van der Waals surface area contributed by atoms with Crippen LogP contribution in [0, 0.1) is 0 Å². The van der Waals surface area contributed by atoms with Crippen molar-refractivity contribution in [1.29, 1.82) is 0 Å². The third-order valence-corrected chi connectivity index (χ3v) is 13.7. The van der Waals surface area contributed by atoms with Crippen molar-refractivity contribution in [3.8, 4) is 32.7 Å². The summed E-state index contributed by atoms with van der Waals surface area (Å²) in [6.45, 7) is 0. The van der Waals surface area contributed by atoms with Gasteiger partial charge in [-0.25, -0.2) is 0 Å². The van der Waals surface area contributed by atoms with Crippen LogP contribution in [-0.2, 0) is 0 Å². The summed E-state index contributed by atoms with van der Waals surface area (Å²) in [5, 5.41) is 11.9. The number of rotatable bonds is 3. The fourth-order valence-corrected chi connectivity index (χ4v) is 11.3. The number of hydrogen-bond acceptors (Lipinski definition) is 3. The standard InChI is InChI=1S/C46H26S3/c1-2-8-31-24-43-39(22-30(31)7-1)45-46(48-43)40-23-33-16-17-34(21-35(33)25-44(40)49-45)42-26-36-20-32(18-19-41(36)47-42)27-12-14-29(15-13-27)38-11-5-9-28-6-3-4-10-37(28)38/h1-26H. The SMILES string of the molecule is c1ccc2cc3c(cc2c1)sc1c2cc4ccc(-c5cc6cc(-c7ccc(-c8cccc9ccccc89)cc7)ccc6s5)cc4cc2sc31. The highest BCUT2D eigenvalue weighted by molar-refractivity contribution is 7.36. The van der Waals surface area contributed by atoms with Crippen LogP contribution >= 0.6 is 34.0 Å². The van der Waals surface area contributed by atoms with Crippen molar-refractivity contribution in [3.63, 3.8) is 0 Å². The molecular formula is C46H26S3. The van der Waals surface area contributed by atoms with E-state index in [1.165, 1.54) is 105 Å². The van der Waals surface area contributed by atoms with Crippen molar-refractivity contribution in [2.75, 3.05) is 0 Å². The molecular weight excluding hydrogens is 649 g/mol. The molecule has 0 saturated heterocycles. The van der Waals surface area contributed by atoms with Gasteiger partial charge in [0.2, 0.25) is 0 Å². The monoisotopic (exact) mass is 674 g/mol. The summed E-state index contributed by atoms with van der Waals surface area (Å²) in [5.74, 6) is 0. The largest absolute Gasteiger partial charge is 0.135 e. The molecule has 3 heteroatoms. The molecule has 3 aromatic heterocycles. The van der Waals surface area contributed by atoms with Crippen LogP contribution in [0.3, 0.4) is 0 Å². The Balaban J connectivity index is 0.941. The fourth-order valence-electron chi connectivity index (χ4n) is 7.53. The molecule has 228 valence electrons. The summed E-state index contributed by atoms with van der Waals surface area (Å²) in [6, 6.07) is 58.7. The minimum atomic E-state index is 1.24. The average Bonchev–Trinajstić information content (AvgIpc) is 3.84. The van der Waals surface area contributed by atoms with Gasteiger partial charge in [0.05, 0.1) is 9.40 Å². The van der Waals surface area contributed by atoms with Gasteiger partial charge in [0.25, 0.3) is 0 Å². The van der Waals surface area contributed by atoms with Crippen LogP contribution < -0.4 is 0 Å². The predicted molar refractivity (Wildman–Crippen MR) is 219 cm³/mol. The molecule has 0 aliphatic heterocycles. The smallest absolute Gasteiger partial charge is 0.0542 e. The topological polar surface area (TPSA) is 0 Å². The second-order valence-electron chi connectivity index (χ2n) is 12.9. The van der Waals surface area contributed by atoms with Gasteiger partial charge in [-0.05, 0) is 114 Å². The summed E-state index contributed by atoms with van der Waals surface area (Å²) < 4.78 is 6.90. The summed E-state index contributed by atoms with van der Waals surface area (Å²) in [6.07, 6.45) is 0. The fraction of sp³-hybridized carbons (Fsp3) is 0. The van der Waals surface area contributed by atoms with E-state index in [0.29, 0.717) is 0 Å². The zero-order chi connectivity index (χ0) is 32.1. The molecule has 0 atom stereocenters. The first-order valence-electron chi connectivity index (χ1n) is 16.6. The lowest BCUT2D eigenvalue weighted by atomic mass is 9.96. The maximum absolute atomic E-state index is 2.41. The third-order valence-electron chi connectivity index (χ3n) is 10.0. The molecule has 11 rings (SSSR count). The molecule has 0 amide bonds. The van der Waals surface area contributed by atoms with Crippen LogP contribution in [0.1, 0.15) is 0 Å². The summed E-state index contributed by atoms with van der Waals surface area (Å²) in [7, 11) is 0. The van der Waals surface area contributed by atoms with Crippen LogP contribution in [0.5, 0.6) is 0 Å². The molecule has 0 bridgehead atoms. The van der Waals surface area contributed by atoms with Gasteiger partial charge in [0.1, 0.15) is 0 Å². The summed E-state index contributed by atoms with van der Waals surface area (Å²) in [4.78, 5) is 1.31. The van der Waals surface area contributed by atoms with Crippen LogP contribution in [-0.4, -0.2) is 0 Å². The predicted octanol–water partition coefficient (Wildman–Crippen LogP) is 14.9. The van der Waals surface area contributed by atoms with Gasteiger partial charge in [-0.3, -0.25) is 0 Å². The van der Waals surface area contributed by atoms with Crippen LogP contribution in [0.15, 0.2) is 158 Å². The van der Waals surface area contributed by atoms with Gasteiger partial charge in [0.15, 0.2) is 0 Å². The van der Waals surface area contributed by atoms with E-state index in [-0.39, 0.29) is 0 Å². The van der Waals surface area contributed by atoms with E-state index >= 15 is 0 Å². The Bertz CT molecular complexity index is 3090. The van der Waals surface area contributed by atoms with Crippen molar-refractivity contribution in [2.24, 2.45) is 0 Å². The first kappa shape index (κ1) is 27.6. The molecule has 0 aliphatic rings. The number of hydrogen-bond donors (Lipinski definition) is 0. The average molecular weight is 675 g/mol. The van der Waals surface area contributed by atoms with E-state index in [9.17, 15) is 0 Å². The van der Waals surface area contributed by atoms with E-state index in [4.69, 9.17) is 0 Å². The Labute approximate surface area is 294 Å². The number of benzene rings is 8. The maximum Gasteiger partial charge on any atom is 0.0542 e. The molecule has 0 nitrogen and oxygen atoms in total. The third kappa shape index (κ3) is 4.40. The highest BCUT2D eigenvalue weighted by atomic mass is 32.1. The van der Waals surface area contributed by atoms with Gasteiger partial charge in [-0.15, -0.1) is 34.0 Å². The Morgan fingerprint density at radius 1 is 0.286 bits per heavy atom. The van der Waals surface area contributed by atoms with Crippen molar-refractivity contribution in [1.82, 2.24) is 0 Å². The second-order valence-corrected chi connectivity index (χ2v) is 16.1. The molecule has 0 spiro atoms. The zero-order valence-electron chi connectivity index (χ0n) is 26.2. The molecule has 0 unspecified atom stereocenters. The van der Waals surface area contributed by atoms with Gasteiger partial charge >= 0.3 is 0 Å². The van der Waals surface area contributed by atoms with Crippen molar-refractivity contribution < 1.29 is 0 Å². The normalized spacial score (nSPS) is 12.1. The Morgan fingerprint density at radius 2 is 0.878 bits per heavy atom. The van der Waals surface area contributed by atoms with E-state index in [2.05, 4.69) is 158 Å². The first-order chi connectivity index (χ1) is 24.2. The van der Waals surface area contributed by atoms with Gasteiger partial charge in [0, 0.05) is 29.7 Å². The lowest BCUT2D eigenvalue weighted by Gasteiger charge is -2.08. The minimum Gasteiger partial charge on any atom is -0.135 e. The Kier molecular flexibility index (Phi) is 5.97. The molecule has 11 aromatic rings. The lowest BCUT2D eigenvalue weighted by molar-refractivity contribution is 1.62. The van der Waals surface area contributed by atoms with Gasteiger partial charge in [-0.1, -0.05) is 109 Å². The minimum absolute atomic E-state index is 1.24. The van der Waals surface area contributed by atoms with Crippen molar-refractivity contribution in [2.45, 2.75) is 0 Å². The van der Waals surface area contributed by atoms with Crippen LogP contribution in [0.25, 0.3) is 105 Å². The highest BCUT2D eigenvalue weighted by Crippen LogP contribution is 2.47. The quantitative estimate of drug-likeness (QED) is 0.175. The molecule has 8 aromatic carbocycles. The zero-order valence-corrected chi connectivity index (χ0v) is 28.7. The number of thiophene rings is 3. The van der Waals surface area contributed by atoms with E-state index in [1.54, 1.807) is 0 Å². The summed E-state index contributed by atoms with van der Waals surface area (Å²) in [5.41, 5.74) is 6.30. The number of fused-ring (bicyclic) bond motifs is 9. The van der Waals surface area contributed by atoms with E-state index in [1.807, 2.05) is 34.0 Å². The van der Waals surface area contributed by atoms with Crippen molar-refractivity contribution >= 4 is 106 Å². The highest BCUT2D eigenvalue weighted by Gasteiger charge is 2.15.